The number of hydrogen-bond acceptors (Lipinski definition) is 3. The Morgan fingerprint density at radius 1 is 1.26 bits per heavy atom. The molecule has 0 fully saturated rings. The summed E-state index contributed by atoms with van der Waals surface area (Å²) in [5.41, 5.74) is 1.08. The van der Waals surface area contributed by atoms with E-state index in [9.17, 15) is 13.6 Å². The van der Waals surface area contributed by atoms with Crippen LogP contribution in [0.3, 0.4) is 0 Å². The van der Waals surface area contributed by atoms with Crippen LogP contribution >= 0.6 is 0 Å². The summed E-state index contributed by atoms with van der Waals surface area (Å²) in [7, 11) is 1.59. The number of amides is 1. The lowest BCUT2D eigenvalue weighted by Gasteiger charge is -2.12. The lowest BCUT2D eigenvalue weighted by Crippen LogP contribution is -2.34. The molecule has 1 atom stereocenters. The van der Waals surface area contributed by atoms with Crippen molar-refractivity contribution < 1.29 is 23.0 Å². The van der Waals surface area contributed by atoms with Crippen molar-refractivity contribution in [1.29, 1.82) is 0 Å². The zero-order valence-corrected chi connectivity index (χ0v) is 12.4. The molecule has 1 amide bonds. The molecular formula is C17H15F2NO3. The van der Waals surface area contributed by atoms with Gasteiger partial charge in [-0.3, -0.25) is 4.79 Å². The molecule has 2 aromatic carbocycles. The van der Waals surface area contributed by atoms with Crippen molar-refractivity contribution in [2.45, 2.75) is 12.5 Å². The molecule has 0 saturated heterocycles. The van der Waals surface area contributed by atoms with Gasteiger partial charge in [-0.05, 0) is 36.4 Å². The normalized spacial score (nSPS) is 15.7. The molecule has 0 spiro atoms. The predicted molar refractivity (Wildman–Crippen MR) is 79.8 cm³/mol. The highest BCUT2D eigenvalue weighted by Gasteiger charge is 2.24. The summed E-state index contributed by atoms with van der Waals surface area (Å²) in [6.07, 6.45) is 0.441. The third-order valence-corrected chi connectivity index (χ3v) is 3.68. The maximum absolute atomic E-state index is 13.1. The Bertz CT molecular complexity index is 749. The van der Waals surface area contributed by atoms with Gasteiger partial charge in [0.1, 0.15) is 17.6 Å². The Morgan fingerprint density at radius 2 is 2.09 bits per heavy atom. The van der Waals surface area contributed by atoms with Crippen LogP contribution in [0.1, 0.15) is 15.9 Å². The van der Waals surface area contributed by atoms with E-state index in [-0.39, 0.29) is 18.2 Å². The third-order valence-electron chi connectivity index (χ3n) is 3.68. The highest BCUT2D eigenvalue weighted by atomic mass is 19.2. The first-order valence-electron chi connectivity index (χ1n) is 7.13. The van der Waals surface area contributed by atoms with Gasteiger partial charge >= 0.3 is 0 Å². The molecule has 0 aromatic heterocycles. The van der Waals surface area contributed by atoms with E-state index >= 15 is 0 Å². The Morgan fingerprint density at radius 3 is 2.83 bits per heavy atom. The predicted octanol–water partition coefficient (Wildman–Crippen LogP) is 2.71. The van der Waals surface area contributed by atoms with Crippen LogP contribution < -0.4 is 14.8 Å². The summed E-state index contributed by atoms with van der Waals surface area (Å²) < 4.78 is 36.9. The van der Waals surface area contributed by atoms with Crippen LogP contribution in [0.2, 0.25) is 0 Å². The second-order valence-electron chi connectivity index (χ2n) is 5.26. The smallest absolute Gasteiger partial charge is 0.251 e. The van der Waals surface area contributed by atoms with Crippen LogP contribution in [-0.4, -0.2) is 25.7 Å². The number of benzene rings is 2. The van der Waals surface area contributed by atoms with E-state index in [4.69, 9.17) is 9.47 Å². The summed E-state index contributed by atoms with van der Waals surface area (Å²) in [6, 6.07) is 8.57. The summed E-state index contributed by atoms with van der Waals surface area (Å²) >= 11 is 0. The minimum absolute atomic E-state index is 0.0704. The van der Waals surface area contributed by atoms with Gasteiger partial charge in [0.2, 0.25) is 0 Å². The fourth-order valence-electron chi connectivity index (χ4n) is 2.48. The zero-order chi connectivity index (χ0) is 16.4. The lowest BCUT2D eigenvalue weighted by atomic mass is 10.1. The van der Waals surface area contributed by atoms with Gasteiger partial charge in [-0.2, -0.15) is 0 Å². The van der Waals surface area contributed by atoms with Crippen LogP contribution in [0, 0.1) is 11.6 Å². The molecule has 0 radical (unpaired) electrons. The number of rotatable bonds is 4. The van der Waals surface area contributed by atoms with Gasteiger partial charge in [0.25, 0.3) is 5.91 Å². The van der Waals surface area contributed by atoms with E-state index < -0.39 is 17.5 Å². The first kappa shape index (κ1) is 15.3. The molecule has 1 aliphatic rings. The number of halogens is 2. The number of hydrogen-bond donors (Lipinski definition) is 1. The van der Waals surface area contributed by atoms with E-state index in [1.165, 1.54) is 6.07 Å². The Hall–Kier alpha value is -2.63. The Kier molecular flexibility index (Phi) is 4.14. The summed E-state index contributed by atoms with van der Waals surface area (Å²) in [6.45, 7) is 0.273. The summed E-state index contributed by atoms with van der Waals surface area (Å²) in [5, 5.41) is 2.67. The van der Waals surface area contributed by atoms with Crippen molar-refractivity contribution in [2.24, 2.45) is 0 Å². The molecule has 23 heavy (non-hydrogen) atoms. The van der Waals surface area contributed by atoms with Crippen molar-refractivity contribution in [3.05, 3.63) is 59.2 Å². The Balaban J connectivity index is 1.59. The topological polar surface area (TPSA) is 47.6 Å². The minimum Gasteiger partial charge on any atom is -0.497 e. The Labute approximate surface area is 132 Å². The summed E-state index contributed by atoms with van der Waals surface area (Å²) in [4.78, 5) is 12.0. The van der Waals surface area contributed by atoms with E-state index in [1.54, 1.807) is 13.2 Å². The molecule has 0 bridgehead atoms. The molecule has 6 heteroatoms. The van der Waals surface area contributed by atoms with Crippen LogP contribution in [0.15, 0.2) is 36.4 Å². The maximum atomic E-state index is 13.1. The SMILES string of the molecule is COc1ccc2c(c1)CC(CNC(=O)c1ccc(F)c(F)c1)O2. The van der Waals surface area contributed by atoms with E-state index in [2.05, 4.69) is 5.32 Å². The molecular weight excluding hydrogens is 304 g/mol. The molecule has 3 rings (SSSR count). The third kappa shape index (κ3) is 3.26. The van der Waals surface area contributed by atoms with Gasteiger partial charge in [-0.25, -0.2) is 8.78 Å². The average Bonchev–Trinajstić information content (AvgIpc) is 2.96. The molecule has 0 saturated carbocycles. The van der Waals surface area contributed by atoms with Gasteiger partial charge in [-0.1, -0.05) is 0 Å². The first-order valence-corrected chi connectivity index (χ1v) is 7.13. The fraction of sp³-hybridized carbons (Fsp3) is 0.235. The first-order chi connectivity index (χ1) is 11.1. The highest BCUT2D eigenvalue weighted by Crippen LogP contribution is 2.31. The standard InChI is InChI=1S/C17H15F2NO3/c1-22-12-3-5-16-11(6-12)7-13(23-16)9-20-17(21)10-2-4-14(18)15(19)8-10/h2-6,8,13H,7,9H2,1H3,(H,20,21). The van der Waals surface area contributed by atoms with Crippen molar-refractivity contribution in [3.63, 3.8) is 0 Å². The zero-order valence-electron chi connectivity index (χ0n) is 12.4. The van der Waals surface area contributed by atoms with Gasteiger partial charge < -0.3 is 14.8 Å². The van der Waals surface area contributed by atoms with Crippen LogP contribution in [-0.2, 0) is 6.42 Å². The molecule has 2 aromatic rings. The van der Waals surface area contributed by atoms with Crippen LogP contribution in [0.5, 0.6) is 11.5 Å². The largest absolute Gasteiger partial charge is 0.497 e. The highest BCUT2D eigenvalue weighted by molar-refractivity contribution is 5.94. The fourth-order valence-corrected chi connectivity index (χ4v) is 2.48. The molecule has 1 aliphatic heterocycles. The van der Waals surface area contributed by atoms with Gasteiger partial charge in [-0.15, -0.1) is 0 Å². The number of carbonyl (C=O) groups excluding carboxylic acids is 1. The molecule has 1 unspecified atom stereocenters. The number of methoxy groups -OCH3 is 1. The van der Waals surface area contributed by atoms with Crippen molar-refractivity contribution >= 4 is 5.91 Å². The number of fused-ring (bicyclic) bond motifs is 1. The molecule has 1 heterocycles. The van der Waals surface area contributed by atoms with Crippen molar-refractivity contribution in [1.82, 2.24) is 5.32 Å². The number of nitrogens with one attached hydrogen (secondary N) is 1. The molecule has 1 N–H and O–H groups in total. The molecule has 120 valence electrons. The van der Waals surface area contributed by atoms with E-state index in [0.29, 0.717) is 6.42 Å². The monoisotopic (exact) mass is 319 g/mol. The van der Waals surface area contributed by atoms with Crippen LogP contribution in [0.4, 0.5) is 8.78 Å². The minimum atomic E-state index is -1.05. The summed E-state index contributed by atoms with van der Waals surface area (Å²) in [5.74, 6) is -0.989. The second kappa shape index (κ2) is 6.24. The lowest BCUT2D eigenvalue weighted by molar-refractivity contribution is 0.0933. The van der Waals surface area contributed by atoms with Crippen LogP contribution in [0.25, 0.3) is 0 Å². The maximum Gasteiger partial charge on any atom is 0.251 e. The van der Waals surface area contributed by atoms with Crippen molar-refractivity contribution in [3.8, 4) is 11.5 Å². The van der Waals surface area contributed by atoms with E-state index in [0.717, 1.165) is 29.2 Å². The molecule has 0 aliphatic carbocycles. The van der Waals surface area contributed by atoms with Crippen molar-refractivity contribution in [2.75, 3.05) is 13.7 Å². The number of carbonyl (C=O) groups is 1. The van der Waals surface area contributed by atoms with E-state index in [1.807, 2.05) is 12.1 Å². The quantitative estimate of drug-likeness (QED) is 0.942. The average molecular weight is 319 g/mol. The second-order valence-corrected chi connectivity index (χ2v) is 5.26. The van der Waals surface area contributed by atoms with Gasteiger partial charge in [0.15, 0.2) is 11.6 Å². The number of ether oxygens (including phenoxy) is 2. The van der Waals surface area contributed by atoms with Gasteiger partial charge in [0.05, 0.1) is 13.7 Å². The van der Waals surface area contributed by atoms with Gasteiger partial charge in [0, 0.05) is 17.5 Å². The molecule has 4 nitrogen and oxygen atoms in total.